The fourth-order valence-corrected chi connectivity index (χ4v) is 2.69. The Bertz CT molecular complexity index is 180. The Morgan fingerprint density at radius 3 is 2.86 bits per heavy atom. The lowest BCUT2D eigenvalue weighted by Gasteiger charge is -2.28. The Hall–Kier alpha value is -0.120. The maximum Gasteiger partial charge on any atom is 0.0702 e. The minimum absolute atomic E-state index is 0.418. The predicted octanol–water partition coefficient (Wildman–Crippen LogP) is 0.848. The Labute approximate surface area is 86.8 Å². The van der Waals surface area contributed by atoms with E-state index in [0.29, 0.717) is 18.2 Å². The van der Waals surface area contributed by atoms with Crippen LogP contribution in [0.4, 0.5) is 0 Å². The van der Waals surface area contributed by atoms with Crippen molar-refractivity contribution in [3.05, 3.63) is 0 Å². The fraction of sp³-hybridized carbons (Fsp3) is 1.00. The van der Waals surface area contributed by atoms with Crippen LogP contribution in [-0.2, 0) is 4.74 Å². The summed E-state index contributed by atoms with van der Waals surface area (Å²) in [5.74, 6) is 0. The highest BCUT2D eigenvalue weighted by Gasteiger charge is 2.29. The third kappa shape index (κ3) is 2.27. The molecule has 0 amide bonds. The van der Waals surface area contributed by atoms with Crippen molar-refractivity contribution in [2.24, 2.45) is 0 Å². The monoisotopic (exact) mass is 198 g/mol. The quantitative estimate of drug-likeness (QED) is 0.727. The minimum atomic E-state index is 0.418. The highest BCUT2D eigenvalue weighted by Crippen LogP contribution is 2.19. The van der Waals surface area contributed by atoms with Gasteiger partial charge in [0.1, 0.15) is 0 Å². The molecule has 14 heavy (non-hydrogen) atoms. The first kappa shape index (κ1) is 10.4. The first-order valence-corrected chi connectivity index (χ1v) is 5.82. The summed E-state index contributed by atoms with van der Waals surface area (Å²) in [5, 5.41) is 3.54. The maximum atomic E-state index is 5.59. The highest BCUT2D eigenvalue weighted by molar-refractivity contribution is 4.84. The molecule has 0 spiro atoms. The van der Waals surface area contributed by atoms with Crippen LogP contribution >= 0.6 is 0 Å². The molecule has 0 aliphatic carbocycles. The van der Waals surface area contributed by atoms with Gasteiger partial charge in [0.15, 0.2) is 0 Å². The molecular weight excluding hydrogens is 176 g/mol. The molecule has 3 nitrogen and oxygen atoms in total. The molecule has 2 aliphatic heterocycles. The summed E-state index contributed by atoms with van der Waals surface area (Å²) in [6.07, 6.45) is 4.30. The van der Waals surface area contributed by atoms with E-state index in [1.165, 1.54) is 32.4 Å². The topological polar surface area (TPSA) is 24.5 Å². The summed E-state index contributed by atoms with van der Waals surface area (Å²) in [7, 11) is 2.23. The standard InChI is InChI=1S/C11H22N2O/c1-9-11(5-7-14-9)13(2)8-10-4-3-6-12-10/h9-12H,3-8H2,1-2H3/t9?,10-,11?/m1/s1. The van der Waals surface area contributed by atoms with E-state index >= 15 is 0 Å². The Morgan fingerprint density at radius 1 is 1.43 bits per heavy atom. The number of likely N-dealkylation sites (N-methyl/N-ethyl adjacent to an activating group) is 1. The highest BCUT2D eigenvalue weighted by atomic mass is 16.5. The van der Waals surface area contributed by atoms with E-state index in [1.807, 2.05) is 0 Å². The molecule has 2 aliphatic rings. The van der Waals surface area contributed by atoms with Crippen LogP contribution in [0.5, 0.6) is 0 Å². The van der Waals surface area contributed by atoms with E-state index in [-0.39, 0.29) is 0 Å². The summed E-state index contributed by atoms with van der Waals surface area (Å²) in [5.41, 5.74) is 0. The van der Waals surface area contributed by atoms with Gasteiger partial charge in [-0.05, 0) is 39.8 Å². The second-order valence-corrected chi connectivity index (χ2v) is 4.66. The SMILES string of the molecule is CC1OCCC1N(C)C[C@H]1CCCN1. The molecule has 0 bridgehead atoms. The van der Waals surface area contributed by atoms with Gasteiger partial charge in [0.05, 0.1) is 6.10 Å². The molecule has 1 N–H and O–H groups in total. The van der Waals surface area contributed by atoms with Crippen molar-refractivity contribution in [1.29, 1.82) is 0 Å². The zero-order valence-electron chi connectivity index (χ0n) is 9.33. The van der Waals surface area contributed by atoms with E-state index < -0.39 is 0 Å². The van der Waals surface area contributed by atoms with Crippen LogP contribution in [0.3, 0.4) is 0 Å². The van der Waals surface area contributed by atoms with Crippen LogP contribution in [0.1, 0.15) is 26.2 Å². The van der Waals surface area contributed by atoms with Crippen LogP contribution in [-0.4, -0.2) is 49.8 Å². The van der Waals surface area contributed by atoms with Gasteiger partial charge in [-0.3, -0.25) is 4.90 Å². The number of ether oxygens (including phenoxy) is 1. The largest absolute Gasteiger partial charge is 0.377 e. The third-order valence-electron chi connectivity index (χ3n) is 3.57. The van der Waals surface area contributed by atoms with Gasteiger partial charge in [0.2, 0.25) is 0 Å². The number of nitrogens with zero attached hydrogens (tertiary/aromatic N) is 1. The van der Waals surface area contributed by atoms with Crippen molar-refractivity contribution in [1.82, 2.24) is 10.2 Å². The fourth-order valence-electron chi connectivity index (χ4n) is 2.69. The molecule has 3 atom stereocenters. The van der Waals surface area contributed by atoms with Crippen LogP contribution in [0.25, 0.3) is 0 Å². The Balaban J connectivity index is 1.78. The van der Waals surface area contributed by atoms with Gasteiger partial charge in [0, 0.05) is 25.2 Å². The van der Waals surface area contributed by atoms with E-state index in [2.05, 4.69) is 24.2 Å². The van der Waals surface area contributed by atoms with E-state index in [9.17, 15) is 0 Å². The molecule has 2 unspecified atom stereocenters. The van der Waals surface area contributed by atoms with Gasteiger partial charge in [-0.1, -0.05) is 0 Å². The Kier molecular flexibility index (Phi) is 3.42. The Morgan fingerprint density at radius 2 is 2.29 bits per heavy atom. The van der Waals surface area contributed by atoms with E-state index in [0.717, 1.165) is 6.61 Å². The number of rotatable bonds is 3. The maximum absolute atomic E-state index is 5.59. The molecule has 2 rings (SSSR count). The molecule has 0 aromatic rings. The lowest BCUT2D eigenvalue weighted by Crippen LogP contribution is -2.43. The third-order valence-corrected chi connectivity index (χ3v) is 3.57. The molecular formula is C11H22N2O. The van der Waals surface area contributed by atoms with Gasteiger partial charge in [-0.2, -0.15) is 0 Å². The molecule has 0 radical (unpaired) electrons. The summed E-state index contributed by atoms with van der Waals surface area (Å²) in [6, 6.07) is 1.35. The van der Waals surface area contributed by atoms with Crippen LogP contribution in [0, 0.1) is 0 Å². The first-order chi connectivity index (χ1) is 6.77. The van der Waals surface area contributed by atoms with Gasteiger partial charge < -0.3 is 10.1 Å². The first-order valence-electron chi connectivity index (χ1n) is 5.82. The van der Waals surface area contributed by atoms with Crippen molar-refractivity contribution >= 4 is 0 Å². The van der Waals surface area contributed by atoms with Crippen molar-refractivity contribution in [2.75, 3.05) is 26.7 Å². The average molecular weight is 198 g/mol. The molecule has 0 aromatic carbocycles. The lowest BCUT2D eigenvalue weighted by atomic mass is 10.1. The summed E-state index contributed by atoms with van der Waals surface area (Å²) in [4.78, 5) is 2.47. The minimum Gasteiger partial charge on any atom is -0.377 e. The molecule has 2 fully saturated rings. The van der Waals surface area contributed by atoms with Crippen molar-refractivity contribution < 1.29 is 4.74 Å². The summed E-state index contributed by atoms with van der Waals surface area (Å²) in [6.45, 7) is 5.51. The molecule has 2 saturated heterocycles. The van der Waals surface area contributed by atoms with Crippen molar-refractivity contribution in [2.45, 2.75) is 44.4 Å². The number of hydrogen-bond acceptors (Lipinski definition) is 3. The van der Waals surface area contributed by atoms with Crippen molar-refractivity contribution in [3.8, 4) is 0 Å². The van der Waals surface area contributed by atoms with Gasteiger partial charge in [0.25, 0.3) is 0 Å². The summed E-state index contributed by atoms with van der Waals surface area (Å²) >= 11 is 0. The average Bonchev–Trinajstić information content (AvgIpc) is 2.75. The van der Waals surface area contributed by atoms with Crippen LogP contribution < -0.4 is 5.32 Å². The molecule has 82 valence electrons. The zero-order chi connectivity index (χ0) is 9.97. The van der Waals surface area contributed by atoms with E-state index in [1.54, 1.807) is 0 Å². The van der Waals surface area contributed by atoms with Crippen LogP contribution in [0.15, 0.2) is 0 Å². The zero-order valence-corrected chi connectivity index (χ0v) is 9.33. The van der Waals surface area contributed by atoms with E-state index in [4.69, 9.17) is 4.74 Å². The molecule has 2 heterocycles. The molecule has 3 heteroatoms. The second-order valence-electron chi connectivity index (χ2n) is 4.66. The lowest BCUT2D eigenvalue weighted by molar-refractivity contribution is 0.0811. The second kappa shape index (κ2) is 4.60. The number of nitrogens with one attached hydrogen (secondary N) is 1. The normalized spacial score (nSPS) is 38.4. The number of hydrogen-bond donors (Lipinski definition) is 1. The van der Waals surface area contributed by atoms with Gasteiger partial charge in [-0.15, -0.1) is 0 Å². The molecule has 0 saturated carbocycles. The molecule has 0 aromatic heterocycles. The van der Waals surface area contributed by atoms with Gasteiger partial charge >= 0.3 is 0 Å². The van der Waals surface area contributed by atoms with Crippen molar-refractivity contribution in [3.63, 3.8) is 0 Å². The van der Waals surface area contributed by atoms with Crippen LogP contribution in [0.2, 0.25) is 0 Å². The smallest absolute Gasteiger partial charge is 0.0702 e. The van der Waals surface area contributed by atoms with Gasteiger partial charge in [-0.25, -0.2) is 0 Å². The summed E-state index contributed by atoms with van der Waals surface area (Å²) < 4.78 is 5.59. The predicted molar refractivity (Wildman–Crippen MR) is 57.5 cm³/mol.